The molecule has 2 N–H and O–H groups in total. The van der Waals surface area contributed by atoms with Gasteiger partial charge in [-0.15, -0.1) is 24.8 Å². The van der Waals surface area contributed by atoms with Crippen molar-refractivity contribution in [2.24, 2.45) is 5.73 Å². The van der Waals surface area contributed by atoms with Gasteiger partial charge in [0, 0.05) is 34.9 Å². The van der Waals surface area contributed by atoms with Gasteiger partial charge < -0.3 is 5.73 Å². The maximum absolute atomic E-state index is 13.1. The lowest BCUT2D eigenvalue weighted by molar-refractivity contribution is 0.103. The van der Waals surface area contributed by atoms with Crippen LogP contribution in [0.4, 0.5) is 0 Å². The number of pyridine rings is 1. The summed E-state index contributed by atoms with van der Waals surface area (Å²) in [5.41, 5.74) is 9.52. The molecule has 1 aromatic heterocycles. The van der Waals surface area contributed by atoms with E-state index in [2.05, 4.69) is 11.9 Å². The molecule has 132 valence electrons. The first-order valence-corrected chi connectivity index (χ1v) is 7.87. The number of halogens is 2. The summed E-state index contributed by atoms with van der Waals surface area (Å²) >= 11 is 0. The summed E-state index contributed by atoms with van der Waals surface area (Å²) in [6, 6.07) is 13.5. The zero-order valence-corrected chi connectivity index (χ0v) is 15.9. The normalized spacial score (nSPS) is 11.3. The lowest BCUT2D eigenvalue weighted by Crippen LogP contribution is -2.10. The second-order valence-electron chi connectivity index (χ2n) is 5.79. The number of fused-ring (bicyclic) bond motifs is 1. The van der Waals surface area contributed by atoms with Gasteiger partial charge in [-0.1, -0.05) is 43.3 Å². The number of aromatic nitrogens is 1. The third-order valence-corrected chi connectivity index (χ3v) is 4.21. The predicted octanol–water partition coefficient (Wildman–Crippen LogP) is 4.89. The van der Waals surface area contributed by atoms with Crippen LogP contribution in [0.3, 0.4) is 0 Å². The summed E-state index contributed by atoms with van der Waals surface area (Å²) < 4.78 is 0. The maximum atomic E-state index is 13.1. The quantitative estimate of drug-likeness (QED) is 0.659. The van der Waals surface area contributed by atoms with Crippen LogP contribution in [0.15, 0.2) is 54.9 Å². The van der Waals surface area contributed by atoms with E-state index in [-0.39, 0.29) is 36.6 Å². The van der Waals surface area contributed by atoms with Crippen molar-refractivity contribution in [3.05, 3.63) is 77.1 Å². The Labute approximate surface area is 160 Å². The average molecular weight is 377 g/mol. The first kappa shape index (κ1) is 21.1. The van der Waals surface area contributed by atoms with E-state index >= 15 is 0 Å². The Morgan fingerprint density at radius 3 is 2.56 bits per heavy atom. The highest BCUT2D eigenvalue weighted by Gasteiger charge is 2.16. The molecule has 0 aliphatic heterocycles. The monoisotopic (exact) mass is 376 g/mol. The zero-order valence-electron chi connectivity index (χ0n) is 14.2. The van der Waals surface area contributed by atoms with Crippen LogP contribution >= 0.6 is 24.8 Å². The molecule has 0 saturated heterocycles. The van der Waals surface area contributed by atoms with Crippen LogP contribution < -0.4 is 5.73 Å². The van der Waals surface area contributed by atoms with Gasteiger partial charge in [0.1, 0.15) is 0 Å². The largest absolute Gasteiger partial charge is 0.324 e. The van der Waals surface area contributed by atoms with Gasteiger partial charge in [-0.2, -0.15) is 0 Å². The molecule has 3 rings (SSSR count). The van der Waals surface area contributed by atoms with Gasteiger partial charge in [-0.05, 0) is 35.9 Å². The molecule has 2 aromatic carbocycles. The molecule has 0 fully saturated rings. The smallest absolute Gasteiger partial charge is 0.193 e. The molecule has 0 unspecified atom stereocenters. The van der Waals surface area contributed by atoms with E-state index in [1.165, 1.54) is 0 Å². The number of ketones is 1. The van der Waals surface area contributed by atoms with Crippen LogP contribution in [-0.4, -0.2) is 10.8 Å². The molecule has 5 heteroatoms. The standard InChI is InChI=1S/C20H20N2O.2ClH/c1-3-14-11-15(13(2)21)7-8-18(14)20(23)19-6-4-5-16-12-22-10-9-17(16)19;;/h4-13H,3,21H2,1-2H3;2*1H/t13-;;/m1../s1. The summed E-state index contributed by atoms with van der Waals surface area (Å²) in [6.07, 6.45) is 4.30. The predicted molar refractivity (Wildman–Crippen MR) is 108 cm³/mol. The number of benzene rings is 2. The van der Waals surface area contributed by atoms with Crippen LogP contribution in [-0.2, 0) is 6.42 Å². The lowest BCUT2D eigenvalue weighted by Gasteiger charge is -2.13. The molecule has 3 nitrogen and oxygen atoms in total. The van der Waals surface area contributed by atoms with Crippen molar-refractivity contribution < 1.29 is 4.79 Å². The van der Waals surface area contributed by atoms with Gasteiger partial charge in [0.2, 0.25) is 0 Å². The van der Waals surface area contributed by atoms with E-state index < -0.39 is 0 Å². The minimum Gasteiger partial charge on any atom is -0.324 e. The molecule has 0 radical (unpaired) electrons. The number of rotatable bonds is 4. The van der Waals surface area contributed by atoms with Crippen molar-refractivity contribution in [3.8, 4) is 0 Å². The van der Waals surface area contributed by atoms with E-state index in [9.17, 15) is 4.79 Å². The molecular formula is C20H22Cl2N2O. The number of hydrogen-bond donors (Lipinski definition) is 1. The second kappa shape index (κ2) is 8.95. The molecule has 25 heavy (non-hydrogen) atoms. The molecular weight excluding hydrogens is 355 g/mol. The minimum absolute atomic E-state index is 0. The van der Waals surface area contributed by atoms with Crippen molar-refractivity contribution in [1.82, 2.24) is 4.98 Å². The molecule has 0 spiro atoms. The van der Waals surface area contributed by atoms with Gasteiger partial charge in [-0.3, -0.25) is 9.78 Å². The molecule has 1 atom stereocenters. The molecule has 0 aliphatic carbocycles. The fourth-order valence-corrected chi connectivity index (χ4v) is 2.88. The molecule has 0 bridgehead atoms. The van der Waals surface area contributed by atoms with Crippen LogP contribution in [0, 0.1) is 0 Å². The molecule has 0 amide bonds. The summed E-state index contributed by atoms with van der Waals surface area (Å²) in [5, 5.41) is 1.91. The van der Waals surface area contributed by atoms with Crippen molar-refractivity contribution in [2.75, 3.05) is 0 Å². The van der Waals surface area contributed by atoms with Crippen LogP contribution in [0.5, 0.6) is 0 Å². The number of nitrogens with zero attached hydrogens (tertiary/aromatic N) is 1. The van der Waals surface area contributed by atoms with E-state index in [0.717, 1.165) is 33.9 Å². The van der Waals surface area contributed by atoms with E-state index in [1.807, 2.05) is 49.4 Å². The maximum Gasteiger partial charge on any atom is 0.193 e. The number of carbonyl (C=O) groups excluding carboxylic acids is 1. The van der Waals surface area contributed by atoms with Gasteiger partial charge in [0.15, 0.2) is 5.78 Å². The molecule has 3 aromatic rings. The Morgan fingerprint density at radius 2 is 1.88 bits per heavy atom. The van der Waals surface area contributed by atoms with Crippen LogP contribution in [0.25, 0.3) is 10.8 Å². The highest BCUT2D eigenvalue weighted by atomic mass is 35.5. The zero-order chi connectivity index (χ0) is 16.4. The van der Waals surface area contributed by atoms with Crippen molar-refractivity contribution in [2.45, 2.75) is 26.3 Å². The Kier molecular flexibility index (Phi) is 7.56. The van der Waals surface area contributed by atoms with Crippen LogP contribution in [0.2, 0.25) is 0 Å². The summed E-state index contributed by atoms with van der Waals surface area (Å²) in [7, 11) is 0. The number of aryl methyl sites for hydroxylation is 1. The number of carbonyl (C=O) groups is 1. The first-order chi connectivity index (χ1) is 11.1. The summed E-state index contributed by atoms with van der Waals surface area (Å²) in [4.78, 5) is 17.2. The summed E-state index contributed by atoms with van der Waals surface area (Å²) in [5.74, 6) is 0.0508. The molecule has 1 heterocycles. The molecule has 0 aliphatic rings. The highest BCUT2D eigenvalue weighted by Crippen LogP contribution is 2.24. The van der Waals surface area contributed by atoms with Crippen molar-refractivity contribution in [1.29, 1.82) is 0 Å². The van der Waals surface area contributed by atoms with E-state index in [4.69, 9.17) is 5.73 Å². The molecule has 0 saturated carbocycles. The van der Waals surface area contributed by atoms with Gasteiger partial charge in [0.25, 0.3) is 0 Å². The number of hydrogen-bond acceptors (Lipinski definition) is 3. The fourth-order valence-electron chi connectivity index (χ4n) is 2.88. The van der Waals surface area contributed by atoms with Gasteiger partial charge in [-0.25, -0.2) is 0 Å². The highest BCUT2D eigenvalue weighted by molar-refractivity contribution is 6.16. The van der Waals surface area contributed by atoms with E-state index in [1.54, 1.807) is 12.4 Å². The van der Waals surface area contributed by atoms with Crippen LogP contribution in [0.1, 0.15) is 46.9 Å². The van der Waals surface area contributed by atoms with Crippen molar-refractivity contribution >= 4 is 41.4 Å². The SMILES string of the molecule is CCc1cc([C@@H](C)N)ccc1C(=O)c1cccc2cnccc12.Cl.Cl. The Hall–Kier alpha value is -1.94. The second-order valence-corrected chi connectivity index (χ2v) is 5.79. The van der Waals surface area contributed by atoms with Gasteiger partial charge >= 0.3 is 0 Å². The van der Waals surface area contributed by atoms with Crippen molar-refractivity contribution in [3.63, 3.8) is 0 Å². The fraction of sp³-hybridized carbons (Fsp3) is 0.200. The third-order valence-electron chi connectivity index (χ3n) is 4.21. The van der Waals surface area contributed by atoms with Gasteiger partial charge in [0.05, 0.1) is 0 Å². The summed E-state index contributed by atoms with van der Waals surface area (Å²) in [6.45, 7) is 4.01. The number of nitrogens with two attached hydrogens (primary N) is 1. The third kappa shape index (κ3) is 4.18. The van der Waals surface area contributed by atoms with E-state index in [0.29, 0.717) is 5.56 Å². The Bertz CT molecular complexity index is 873. The Morgan fingerprint density at radius 1 is 1.12 bits per heavy atom. The topological polar surface area (TPSA) is 56.0 Å². The Balaban J connectivity index is 0.00000156. The first-order valence-electron chi connectivity index (χ1n) is 7.87. The lowest BCUT2D eigenvalue weighted by atomic mass is 9.92. The minimum atomic E-state index is -0.0342. The average Bonchev–Trinajstić information content (AvgIpc) is 2.60.